The summed E-state index contributed by atoms with van der Waals surface area (Å²) in [4.78, 5) is 14.3. The average molecular weight is 364 g/mol. The number of aryl methyl sites for hydroxylation is 3. The van der Waals surface area contributed by atoms with E-state index in [1.54, 1.807) is 6.33 Å². The van der Waals surface area contributed by atoms with E-state index in [0.717, 1.165) is 57.2 Å². The molecule has 3 heterocycles. The number of hydrogen-bond acceptors (Lipinski definition) is 4. The van der Waals surface area contributed by atoms with E-state index in [1.165, 1.54) is 22.2 Å². The van der Waals surface area contributed by atoms with E-state index in [-0.39, 0.29) is 0 Å². The Balaban J connectivity index is 1.65. The lowest BCUT2D eigenvalue weighted by molar-refractivity contribution is 0.271. The van der Waals surface area contributed by atoms with Crippen molar-refractivity contribution in [3.05, 3.63) is 53.5 Å². The van der Waals surface area contributed by atoms with Gasteiger partial charge in [-0.1, -0.05) is 37.3 Å². The minimum absolute atomic E-state index is 0.945. The van der Waals surface area contributed by atoms with Crippen LogP contribution in [0, 0.1) is 13.8 Å². The molecule has 0 N–H and O–H groups in total. The Morgan fingerprint density at radius 3 is 2.41 bits per heavy atom. The van der Waals surface area contributed by atoms with Gasteiger partial charge in [-0.25, -0.2) is 9.97 Å². The molecule has 1 aliphatic heterocycles. The van der Waals surface area contributed by atoms with Crippen molar-refractivity contribution in [2.45, 2.75) is 33.7 Å². The summed E-state index contributed by atoms with van der Waals surface area (Å²) in [7, 11) is 0. The Morgan fingerprint density at radius 1 is 0.963 bits per heavy atom. The standard InChI is InChI=1S/C22H29N5/c1-4-25-12-14-26(15-13-25)21-20-17(2)18(3)27(22(20)24-16-23-21)11-10-19-8-6-5-7-9-19/h5-9,16H,4,10-15H2,1-3H3. The monoisotopic (exact) mass is 363 g/mol. The van der Waals surface area contributed by atoms with Crippen molar-refractivity contribution in [1.82, 2.24) is 19.4 Å². The molecule has 0 saturated carbocycles. The number of benzene rings is 1. The number of nitrogens with zero attached hydrogens (tertiary/aromatic N) is 5. The zero-order chi connectivity index (χ0) is 18.8. The first kappa shape index (κ1) is 18.0. The number of fused-ring (bicyclic) bond motifs is 1. The summed E-state index contributed by atoms with van der Waals surface area (Å²) < 4.78 is 2.37. The maximum absolute atomic E-state index is 4.70. The predicted octanol–water partition coefficient (Wildman–Crippen LogP) is 3.43. The number of hydrogen-bond donors (Lipinski definition) is 0. The zero-order valence-corrected chi connectivity index (χ0v) is 16.6. The Hall–Kier alpha value is -2.40. The fourth-order valence-corrected chi connectivity index (χ4v) is 4.12. The molecule has 0 radical (unpaired) electrons. The summed E-state index contributed by atoms with van der Waals surface area (Å²) in [6.07, 6.45) is 2.75. The van der Waals surface area contributed by atoms with Crippen LogP contribution in [0.4, 0.5) is 5.82 Å². The minimum Gasteiger partial charge on any atom is -0.353 e. The molecule has 0 unspecified atom stereocenters. The Morgan fingerprint density at radius 2 is 1.70 bits per heavy atom. The van der Waals surface area contributed by atoms with Crippen molar-refractivity contribution >= 4 is 16.9 Å². The average Bonchev–Trinajstić information content (AvgIpc) is 2.97. The molecule has 142 valence electrons. The van der Waals surface area contributed by atoms with Gasteiger partial charge in [0.15, 0.2) is 0 Å². The van der Waals surface area contributed by atoms with Crippen molar-refractivity contribution in [3.63, 3.8) is 0 Å². The first-order chi connectivity index (χ1) is 13.2. The molecule has 27 heavy (non-hydrogen) atoms. The smallest absolute Gasteiger partial charge is 0.145 e. The highest BCUT2D eigenvalue weighted by Gasteiger charge is 2.22. The summed E-state index contributed by atoms with van der Waals surface area (Å²) in [5.41, 5.74) is 5.05. The molecule has 0 spiro atoms. The van der Waals surface area contributed by atoms with E-state index in [0.29, 0.717) is 0 Å². The van der Waals surface area contributed by atoms with Crippen LogP contribution in [0.15, 0.2) is 36.7 Å². The lowest BCUT2D eigenvalue weighted by atomic mass is 10.1. The molecule has 5 heteroatoms. The fourth-order valence-electron chi connectivity index (χ4n) is 4.12. The van der Waals surface area contributed by atoms with Crippen molar-refractivity contribution in [2.24, 2.45) is 0 Å². The van der Waals surface area contributed by atoms with Gasteiger partial charge in [0.2, 0.25) is 0 Å². The van der Waals surface area contributed by atoms with Gasteiger partial charge in [-0.3, -0.25) is 0 Å². The van der Waals surface area contributed by atoms with Crippen molar-refractivity contribution in [2.75, 3.05) is 37.6 Å². The maximum Gasteiger partial charge on any atom is 0.145 e. The molecule has 2 aromatic heterocycles. The molecule has 0 amide bonds. The van der Waals surface area contributed by atoms with Gasteiger partial charge < -0.3 is 14.4 Å². The molecule has 5 nitrogen and oxygen atoms in total. The topological polar surface area (TPSA) is 37.2 Å². The first-order valence-corrected chi connectivity index (χ1v) is 10.0. The third-order valence-electron chi connectivity index (χ3n) is 5.97. The van der Waals surface area contributed by atoms with E-state index in [9.17, 15) is 0 Å². The van der Waals surface area contributed by atoms with Gasteiger partial charge in [0.1, 0.15) is 17.8 Å². The number of likely N-dealkylation sites (N-methyl/N-ethyl adjacent to an activating group) is 1. The van der Waals surface area contributed by atoms with Gasteiger partial charge >= 0.3 is 0 Å². The zero-order valence-electron chi connectivity index (χ0n) is 16.6. The molecule has 1 aromatic carbocycles. The second-order valence-corrected chi connectivity index (χ2v) is 7.41. The largest absolute Gasteiger partial charge is 0.353 e. The second kappa shape index (κ2) is 7.69. The van der Waals surface area contributed by atoms with Crippen LogP contribution in [-0.2, 0) is 13.0 Å². The highest BCUT2D eigenvalue weighted by molar-refractivity contribution is 5.92. The molecule has 0 bridgehead atoms. The summed E-state index contributed by atoms with van der Waals surface area (Å²) in [5.74, 6) is 1.11. The minimum atomic E-state index is 0.945. The van der Waals surface area contributed by atoms with E-state index in [1.807, 2.05) is 0 Å². The predicted molar refractivity (Wildman–Crippen MR) is 111 cm³/mol. The summed E-state index contributed by atoms with van der Waals surface area (Å²) >= 11 is 0. The third-order valence-corrected chi connectivity index (χ3v) is 5.97. The molecule has 1 saturated heterocycles. The molecule has 0 atom stereocenters. The lowest BCUT2D eigenvalue weighted by Gasteiger charge is -2.35. The Kier molecular flexibility index (Phi) is 5.12. The van der Waals surface area contributed by atoms with Gasteiger partial charge in [-0.05, 0) is 37.9 Å². The summed E-state index contributed by atoms with van der Waals surface area (Å²) in [5, 5.41) is 1.23. The van der Waals surface area contributed by atoms with Crippen LogP contribution < -0.4 is 4.90 Å². The van der Waals surface area contributed by atoms with Crippen molar-refractivity contribution < 1.29 is 0 Å². The van der Waals surface area contributed by atoms with Crippen LogP contribution in [0.1, 0.15) is 23.7 Å². The maximum atomic E-state index is 4.70. The van der Waals surface area contributed by atoms with E-state index < -0.39 is 0 Å². The van der Waals surface area contributed by atoms with Gasteiger partial charge in [0.05, 0.1) is 5.39 Å². The molecular weight excluding hydrogens is 334 g/mol. The van der Waals surface area contributed by atoms with Gasteiger partial charge in [-0.15, -0.1) is 0 Å². The molecule has 0 aliphatic carbocycles. The van der Waals surface area contributed by atoms with E-state index in [2.05, 4.69) is 70.5 Å². The highest BCUT2D eigenvalue weighted by atomic mass is 15.3. The van der Waals surface area contributed by atoms with Crippen molar-refractivity contribution in [1.29, 1.82) is 0 Å². The molecular formula is C22H29N5. The second-order valence-electron chi connectivity index (χ2n) is 7.41. The number of anilines is 1. The normalized spacial score (nSPS) is 15.6. The Bertz CT molecular complexity index is 907. The summed E-state index contributed by atoms with van der Waals surface area (Å²) in [6.45, 7) is 13.0. The third kappa shape index (κ3) is 3.44. The molecule has 1 fully saturated rings. The quantitative estimate of drug-likeness (QED) is 0.696. The van der Waals surface area contributed by atoms with E-state index in [4.69, 9.17) is 4.98 Å². The van der Waals surface area contributed by atoms with Crippen LogP contribution in [0.5, 0.6) is 0 Å². The Labute approximate surface area is 161 Å². The first-order valence-electron chi connectivity index (χ1n) is 10.0. The molecule has 4 rings (SSSR count). The van der Waals surface area contributed by atoms with E-state index >= 15 is 0 Å². The van der Waals surface area contributed by atoms with Crippen LogP contribution in [0.2, 0.25) is 0 Å². The van der Waals surface area contributed by atoms with Gasteiger partial charge in [0.25, 0.3) is 0 Å². The number of rotatable bonds is 5. The van der Waals surface area contributed by atoms with Crippen LogP contribution in [-0.4, -0.2) is 52.2 Å². The SMILES string of the molecule is CCN1CCN(c2ncnc3c2c(C)c(C)n3CCc2ccccc2)CC1. The fraction of sp³-hybridized carbons (Fsp3) is 0.455. The van der Waals surface area contributed by atoms with Crippen molar-refractivity contribution in [3.8, 4) is 0 Å². The van der Waals surface area contributed by atoms with Gasteiger partial charge in [0, 0.05) is 38.4 Å². The lowest BCUT2D eigenvalue weighted by Crippen LogP contribution is -2.46. The van der Waals surface area contributed by atoms with Gasteiger partial charge in [-0.2, -0.15) is 0 Å². The molecule has 3 aromatic rings. The van der Waals surface area contributed by atoms with Crippen LogP contribution >= 0.6 is 0 Å². The number of aromatic nitrogens is 3. The van der Waals surface area contributed by atoms with Crippen LogP contribution in [0.25, 0.3) is 11.0 Å². The number of piperazine rings is 1. The van der Waals surface area contributed by atoms with Crippen LogP contribution in [0.3, 0.4) is 0 Å². The molecule has 1 aliphatic rings. The summed E-state index contributed by atoms with van der Waals surface area (Å²) in [6, 6.07) is 10.7. The highest BCUT2D eigenvalue weighted by Crippen LogP contribution is 2.31.